The van der Waals surface area contributed by atoms with Crippen LogP contribution in [0.15, 0.2) is 53.2 Å². The fourth-order valence-corrected chi connectivity index (χ4v) is 3.29. The maximum absolute atomic E-state index is 5.86. The summed E-state index contributed by atoms with van der Waals surface area (Å²) in [4.78, 5) is 11.3. The van der Waals surface area contributed by atoms with Gasteiger partial charge in [0.2, 0.25) is 11.7 Å². The first-order valence-corrected chi connectivity index (χ1v) is 8.60. The van der Waals surface area contributed by atoms with E-state index >= 15 is 0 Å². The highest BCUT2D eigenvalue weighted by atomic mass is 35.5. The van der Waals surface area contributed by atoms with Crippen molar-refractivity contribution in [3.63, 3.8) is 0 Å². The van der Waals surface area contributed by atoms with Crippen LogP contribution >= 0.6 is 24.8 Å². The van der Waals surface area contributed by atoms with Gasteiger partial charge in [-0.05, 0) is 55.8 Å². The van der Waals surface area contributed by atoms with E-state index in [1.807, 2.05) is 36.4 Å². The Kier molecular flexibility index (Phi) is 7.59. The SMILES string of the molecule is Cl.Cl.Nc1cccc(CN2CCC(c3nc(-c4ccccn4)no3)CC2)c1. The maximum Gasteiger partial charge on any atom is 0.230 e. The van der Waals surface area contributed by atoms with Gasteiger partial charge in [0.15, 0.2) is 0 Å². The molecule has 4 rings (SSSR count). The molecule has 0 aliphatic carbocycles. The van der Waals surface area contributed by atoms with E-state index in [1.54, 1.807) is 6.20 Å². The second-order valence-electron chi connectivity index (χ2n) is 6.47. The number of nitrogens with zero attached hydrogens (tertiary/aromatic N) is 4. The highest BCUT2D eigenvalue weighted by Crippen LogP contribution is 2.28. The first-order valence-electron chi connectivity index (χ1n) is 8.60. The maximum atomic E-state index is 5.86. The molecule has 27 heavy (non-hydrogen) atoms. The Morgan fingerprint density at radius 1 is 1.07 bits per heavy atom. The lowest BCUT2D eigenvalue weighted by atomic mass is 9.96. The van der Waals surface area contributed by atoms with Crippen LogP contribution in [0.25, 0.3) is 11.5 Å². The first kappa shape index (κ1) is 21.2. The average Bonchev–Trinajstić information content (AvgIpc) is 3.13. The van der Waals surface area contributed by atoms with Crippen LogP contribution in [0.4, 0.5) is 5.69 Å². The molecule has 1 aromatic carbocycles. The van der Waals surface area contributed by atoms with Gasteiger partial charge in [-0.3, -0.25) is 9.88 Å². The third kappa shape index (κ3) is 5.19. The molecule has 0 bridgehead atoms. The summed E-state index contributed by atoms with van der Waals surface area (Å²) in [7, 11) is 0. The Balaban J connectivity index is 0.00000131. The van der Waals surface area contributed by atoms with E-state index in [1.165, 1.54) is 5.56 Å². The summed E-state index contributed by atoms with van der Waals surface area (Å²) >= 11 is 0. The van der Waals surface area contributed by atoms with Crippen molar-refractivity contribution < 1.29 is 4.52 Å². The predicted molar refractivity (Wildman–Crippen MR) is 110 cm³/mol. The van der Waals surface area contributed by atoms with Crippen molar-refractivity contribution in [3.05, 3.63) is 60.1 Å². The van der Waals surface area contributed by atoms with Crippen LogP contribution < -0.4 is 5.73 Å². The smallest absolute Gasteiger partial charge is 0.230 e. The molecule has 0 spiro atoms. The Morgan fingerprint density at radius 3 is 2.59 bits per heavy atom. The molecule has 1 fully saturated rings. The largest absolute Gasteiger partial charge is 0.399 e. The summed E-state index contributed by atoms with van der Waals surface area (Å²) in [6, 6.07) is 13.8. The van der Waals surface area contributed by atoms with Gasteiger partial charge in [0, 0.05) is 24.3 Å². The summed E-state index contributed by atoms with van der Waals surface area (Å²) in [6.07, 6.45) is 3.78. The van der Waals surface area contributed by atoms with Gasteiger partial charge in [0.05, 0.1) is 0 Å². The second kappa shape index (κ2) is 9.69. The zero-order valence-corrected chi connectivity index (χ0v) is 16.5. The van der Waals surface area contributed by atoms with Crippen LogP contribution in [-0.2, 0) is 6.54 Å². The number of nitrogens with two attached hydrogens (primary N) is 1. The molecule has 2 aromatic heterocycles. The number of nitrogen functional groups attached to an aromatic ring is 1. The van der Waals surface area contributed by atoms with E-state index in [2.05, 4.69) is 26.1 Å². The molecule has 1 saturated heterocycles. The van der Waals surface area contributed by atoms with E-state index < -0.39 is 0 Å². The fourth-order valence-electron chi connectivity index (χ4n) is 3.29. The van der Waals surface area contributed by atoms with Gasteiger partial charge in [-0.1, -0.05) is 23.4 Å². The third-order valence-electron chi connectivity index (χ3n) is 4.63. The van der Waals surface area contributed by atoms with Gasteiger partial charge >= 0.3 is 0 Å². The highest BCUT2D eigenvalue weighted by Gasteiger charge is 2.25. The molecule has 2 N–H and O–H groups in total. The lowest BCUT2D eigenvalue weighted by molar-refractivity contribution is 0.187. The molecule has 6 nitrogen and oxygen atoms in total. The lowest BCUT2D eigenvalue weighted by Gasteiger charge is -2.30. The lowest BCUT2D eigenvalue weighted by Crippen LogP contribution is -2.32. The first-order chi connectivity index (χ1) is 12.3. The van der Waals surface area contributed by atoms with Gasteiger partial charge in [0.25, 0.3) is 0 Å². The zero-order valence-electron chi connectivity index (χ0n) is 14.8. The Labute approximate surface area is 171 Å². The van der Waals surface area contributed by atoms with Crippen LogP contribution in [0.5, 0.6) is 0 Å². The van der Waals surface area contributed by atoms with Gasteiger partial charge in [-0.2, -0.15) is 4.98 Å². The molecule has 3 aromatic rings. The summed E-state index contributed by atoms with van der Waals surface area (Å²) < 4.78 is 5.49. The normalized spacial score (nSPS) is 15.0. The Morgan fingerprint density at radius 2 is 1.89 bits per heavy atom. The van der Waals surface area contributed by atoms with Crippen LogP contribution in [0.1, 0.15) is 30.2 Å². The average molecular weight is 408 g/mol. The molecule has 0 saturated carbocycles. The summed E-state index contributed by atoms with van der Waals surface area (Å²) in [5.74, 6) is 1.61. The summed E-state index contributed by atoms with van der Waals surface area (Å²) in [5, 5.41) is 4.08. The van der Waals surface area contributed by atoms with Crippen LogP contribution in [0.2, 0.25) is 0 Å². The summed E-state index contributed by atoms with van der Waals surface area (Å²) in [6.45, 7) is 2.96. The van der Waals surface area contributed by atoms with Crippen LogP contribution in [-0.4, -0.2) is 33.1 Å². The van der Waals surface area contributed by atoms with E-state index in [-0.39, 0.29) is 24.8 Å². The van der Waals surface area contributed by atoms with E-state index in [0.29, 0.717) is 11.7 Å². The molecule has 0 unspecified atom stereocenters. The van der Waals surface area contributed by atoms with E-state index in [0.717, 1.165) is 49.7 Å². The number of likely N-dealkylation sites (tertiary alicyclic amines) is 1. The molecule has 0 amide bonds. The minimum Gasteiger partial charge on any atom is -0.399 e. The number of halogens is 2. The third-order valence-corrected chi connectivity index (χ3v) is 4.63. The minimum atomic E-state index is 0. The fraction of sp³-hybridized carbons (Fsp3) is 0.316. The predicted octanol–water partition coefficient (Wildman–Crippen LogP) is 3.94. The number of anilines is 1. The van der Waals surface area contributed by atoms with Crippen molar-refractivity contribution in [2.45, 2.75) is 25.3 Å². The van der Waals surface area contributed by atoms with Crippen molar-refractivity contribution in [3.8, 4) is 11.5 Å². The summed E-state index contributed by atoms with van der Waals surface area (Å²) in [5.41, 5.74) is 8.69. The van der Waals surface area contributed by atoms with Crippen LogP contribution in [0.3, 0.4) is 0 Å². The minimum absolute atomic E-state index is 0. The number of aromatic nitrogens is 3. The van der Waals surface area contributed by atoms with Crippen molar-refractivity contribution in [1.29, 1.82) is 0 Å². The number of rotatable bonds is 4. The van der Waals surface area contributed by atoms with Gasteiger partial charge in [0.1, 0.15) is 5.69 Å². The Hall–Kier alpha value is -2.15. The number of hydrogen-bond acceptors (Lipinski definition) is 6. The number of pyridine rings is 1. The van der Waals surface area contributed by atoms with Gasteiger partial charge < -0.3 is 10.3 Å². The van der Waals surface area contributed by atoms with E-state index in [9.17, 15) is 0 Å². The van der Waals surface area contributed by atoms with E-state index in [4.69, 9.17) is 10.3 Å². The highest BCUT2D eigenvalue weighted by molar-refractivity contribution is 5.85. The number of benzene rings is 1. The Bertz CT molecular complexity index is 835. The number of hydrogen-bond donors (Lipinski definition) is 1. The molecule has 144 valence electrons. The molecule has 1 aliphatic heterocycles. The van der Waals surface area contributed by atoms with Crippen molar-refractivity contribution in [2.75, 3.05) is 18.8 Å². The topological polar surface area (TPSA) is 81.1 Å². The van der Waals surface area contributed by atoms with Crippen molar-refractivity contribution >= 4 is 30.5 Å². The molecule has 3 heterocycles. The molecule has 0 atom stereocenters. The zero-order chi connectivity index (χ0) is 17.1. The standard InChI is InChI=1S/C19H21N5O.2ClH/c20-16-5-3-4-14(12-16)13-24-10-7-15(8-11-24)19-22-18(23-25-19)17-6-1-2-9-21-17;;/h1-6,9,12,15H,7-8,10-11,13,20H2;2*1H. The quantitative estimate of drug-likeness (QED) is 0.659. The van der Waals surface area contributed by atoms with Crippen LogP contribution in [0, 0.1) is 0 Å². The molecular weight excluding hydrogens is 385 g/mol. The molecule has 0 radical (unpaired) electrons. The monoisotopic (exact) mass is 407 g/mol. The second-order valence-corrected chi connectivity index (χ2v) is 6.47. The van der Waals surface area contributed by atoms with Crippen molar-refractivity contribution in [1.82, 2.24) is 20.0 Å². The van der Waals surface area contributed by atoms with Gasteiger partial charge in [-0.25, -0.2) is 0 Å². The van der Waals surface area contributed by atoms with Gasteiger partial charge in [-0.15, -0.1) is 24.8 Å². The molecule has 8 heteroatoms. The number of piperidine rings is 1. The molecular formula is C19H23Cl2N5O. The van der Waals surface area contributed by atoms with Crippen molar-refractivity contribution in [2.24, 2.45) is 0 Å². The molecule has 1 aliphatic rings.